The van der Waals surface area contributed by atoms with E-state index in [2.05, 4.69) is 10.6 Å². The highest BCUT2D eigenvalue weighted by Gasteiger charge is 2.28. The van der Waals surface area contributed by atoms with Crippen LogP contribution in [0.15, 0.2) is 24.3 Å². The molecule has 2 N–H and O–H groups in total. The molecule has 0 bridgehead atoms. The van der Waals surface area contributed by atoms with Crippen LogP contribution in [0, 0.1) is 6.92 Å². The molecule has 0 saturated heterocycles. The molecule has 124 valence electrons. The van der Waals surface area contributed by atoms with E-state index in [4.69, 9.17) is 4.74 Å². The highest BCUT2D eigenvalue weighted by atomic mass is 16.5. The first-order chi connectivity index (χ1) is 10.9. The second kappa shape index (κ2) is 7.26. The summed E-state index contributed by atoms with van der Waals surface area (Å²) in [4.78, 5) is 35.8. The second-order valence-electron chi connectivity index (χ2n) is 5.93. The van der Waals surface area contributed by atoms with Crippen molar-refractivity contribution in [3.8, 4) is 0 Å². The Balaban J connectivity index is 1.84. The summed E-state index contributed by atoms with van der Waals surface area (Å²) >= 11 is 0. The zero-order chi connectivity index (χ0) is 17.0. The Morgan fingerprint density at radius 3 is 2.52 bits per heavy atom. The standard InChI is InChI=1S/C17H22N2O4/c1-10-5-4-6-13(9-10)16(21)18-11(2)17(22)23-12(3)15(20)19-14-7-8-14/h4-6,9,11-12,14H,7-8H2,1-3H3,(H,18,21)(H,19,20)/t11-,12-/m0/s1. The zero-order valence-electron chi connectivity index (χ0n) is 13.6. The summed E-state index contributed by atoms with van der Waals surface area (Å²) in [5, 5.41) is 5.34. The van der Waals surface area contributed by atoms with Crippen LogP contribution in [-0.2, 0) is 14.3 Å². The highest BCUT2D eigenvalue weighted by Crippen LogP contribution is 2.18. The van der Waals surface area contributed by atoms with Crippen LogP contribution in [0.3, 0.4) is 0 Å². The van der Waals surface area contributed by atoms with E-state index in [9.17, 15) is 14.4 Å². The molecule has 2 atom stereocenters. The van der Waals surface area contributed by atoms with E-state index in [0.717, 1.165) is 18.4 Å². The van der Waals surface area contributed by atoms with Gasteiger partial charge in [-0.2, -0.15) is 0 Å². The lowest BCUT2D eigenvalue weighted by Crippen LogP contribution is -2.43. The Kier molecular flexibility index (Phi) is 5.36. The first-order valence-electron chi connectivity index (χ1n) is 7.75. The molecular weight excluding hydrogens is 296 g/mol. The van der Waals surface area contributed by atoms with Crippen molar-refractivity contribution in [2.24, 2.45) is 0 Å². The Bertz CT molecular complexity index is 610. The molecule has 1 saturated carbocycles. The predicted molar refractivity (Wildman–Crippen MR) is 84.8 cm³/mol. The number of benzene rings is 1. The van der Waals surface area contributed by atoms with Crippen LogP contribution in [0.5, 0.6) is 0 Å². The molecule has 0 unspecified atom stereocenters. The van der Waals surface area contributed by atoms with Gasteiger partial charge in [-0.05, 0) is 45.7 Å². The minimum absolute atomic E-state index is 0.210. The quantitative estimate of drug-likeness (QED) is 0.775. The van der Waals surface area contributed by atoms with Gasteiger partial charge in [-0.3, -0.25) is 9.59 Å². The molecule has 2 rings (SSSR count). The molecule has 2 amide bonds. The molecule has 1 aliphatic carbocycles. The van der Waals surface area contributed by atoms with Crippen LogP contribution in [0.25, 0.3) is 0 Å². The van der Waals surface area contributed by atoms with Crippen molar-refractivity contribution in [2.45, 2.75) is 51.8 Å². The molecule has 0 aliphatic heterocycles. The Labute approximate surface area is 135 Å². The zero-order valence-corrected chi connectivity index (χ0v) is 13.6. The molecule has 0 spiro atoms. The molecule has 0 aromatic heterocycles. The lowest BCUT2D eigenvalue weighted by molar-refractivity contribution is -0.156. The summed E-state index contributed by atoms with van der Waals surface area (Å²) in [6, 6.07) is 6.44. The van der Waals surface area contributed by atoms with Gasteiger partial charge in [0.05, 0.1) is 0 Å². The number of esters is 1. The summed E-state index contributed by atoms with van der Waals surface area (Å²) in [6.45, 7) is 4.93. The van der Waals surface area contributed by atoms with Crippen LogP contribution in [0.4, 0.5) is 0 Å². The van der Waals surface area contributed by atoms with Crippen molar-refractivity contribution in [2.75, 3.05) is 0 Å². The largest absolute Gasteiger partial charge is 0.451 e. The van der Waals surface area contributed by atoms with E-state index < -0.39 is 18.1 Å². The fourth-order valence-corrected chi connectivity index (χ4v) is 2.00. The third kappa shape index (κ3) is 5.09. The van der Waals surface area contributed by atoms with Gasteiger partial charge in [-0.15, -0.1) is 0 Å². The fourth-order valence-electron chi connectivity index (χ4n) is 2.00. The maximum absolute atomic E-state index is 12.1. The first-order valence-corrected chi connectivity index (χ1v) is 7.75. The van der Waals surface area contributed by atoms with Gasteiger partial charge < -0.3 is 15.4 Å². The topological polar surface area (TPSA) is 84.5 Å². The SMILES string of the molecule is Cc1cccc(C(=O)N[C@@H](C)C(=O)O[C@@H](C)C(=O)NC2CC2)c1. The van der Waals surface area contributed by atoms with Gasteiger partial charge in [0.15, 0.2) is 6.10 Å². The van der Waals surface area contributed by atoms with E-state index >= 15 is 0 Å². The normalized spacial score (nSPS) is 16.1. The van der Waals surface area contributed by atoms with Crippen molar-refractivity contribution in [3.63, 3.8) is 0 Å². The number of hydrogen-bond acceptors (Lipinski definition) is 4. The fraction of sp³-hybridized carbons (Fsp3) is 0.471. The van der Waals surface area contributed by atoms with Crippen molar-refractivity contribution < 1.29 is 19.1 Å². The van der Waals surface area contributed by atoms with Crippen molar-refractivity contribution in [1.82, 2.24) is 10.6 Å². The Morgan fingerprint density at radius 2 is 1.91 bits per heavy atom. The average molecular weight is 318 g/mol. The van der Waals surface area contributed by atoms with E-state index in [1.807, 2.05) is 13.0 Å². The summed E-state index contributed by atoms with van der Waals surface area (Å²) in [7, 11) is 0. The Morgan fingerprint density at radius 1 is 1.22 bits per heavy atom. The number of aryl methyl sites for hydroxylation is 1. The third-order valence-electron chi connectivity index (χ3n) is 3.57. The highest BCUT2D eigenvalue weighted by molar-refractivity contribution is 5.97. The third-order valence-corrected chi connectivity index (χ3v) is 3.57. The van der Waals surface area contributed by atoms with Crippen LogP contribution in [0.1, 0.15) is 42.6 Å². The summed E-state index contributed by atoms with van der Waals surface area (Å²) in [5.74, 6) is -1.30. The van der Waals surface area contributed by atoms with E-state index in [1.54, 1.807) is 18.2 Å². The number of ether oxygens (including phenoxy) is 1. The van der Waals surface area contributed by atoms with E-state index in [0.29, 0.717) is 5.56 Å². The lowest BCUT2D eigenvalue weighted by atomic mass is 10.1. The summed E-state index contributed by atoms with van der Waals surface area (Å²) in [6.07, 6.45) is 1.06. The van der Waals surface area contributed by atoms with Crippen LogP contribution < -0.4 is 10.6 Å². The second-order valence-corrected chi connectivity index (χ2v) is 5.93. The number of hydrogen-bond donors (Lipinski definition) is 2. The molecule has 0 heterocycles. The van der Waals surface area contributed by atoms with E-state index in [-0.39, 0.29) is 17.9 Å². The molecule has 1 aliphatic rings. The monoisotopic (exact) mass is 318 g/mol. The van der Waals surface area contributed by atoms with Crippen molar-refractivity contribution in [3.05, 3.63) is 35.4 Å². The van der Waals surface area contributed by atoms with Crippen LogP contribution >= 0.6 is 0 Å². The first kappa shape index (κ1) is 17.0. The molecule has 6 nitrogen and oxygen atoms in total. The molecule has 0 radical (unpaired) electrons. The summed E-state index contributed by atoms with van der Waals surface area (Å²) < 4.78 is 5.10. The molecule has 1 fully saturated rings. The van der Waals surface area contributed by atoms with Crippen molar-refractivity contribution in [1.29, 1.82) is 0 Å². The summed E-state index contributed by atoms with van der Waals surface area (Å²) in [5.41, 5.74) is 1.43. The van der Waals surface area contributed by atoms with Crippen molar-refractivity contribution >= 4 is 17.8 Å². The molecule has 23 heavy (non-hydrogen) atoms. The van der Waals surface area contributed by atoms with Crippen LogP contribution in [0.2, 0.25) is 0 Å². The minimum Gasteiger partial charge on any atom is -0.451 e. The maximum atomic E-state index is 12.1. The van der Waals surface area contributed by atoms with Gasteiger partial charge in [0, 0.05) is 11.6 Å². The van der Waals surface area contributed by atoms with Gasteiger partial charge in [-0.25, -0.2) is 4.79 Å². The molecule has 6 heteroatoms. The van der Waals surface area contributed by atoms with Gasteiger partial charge in [0.25, 0.3) is 11.8 Å². The lowest BCUT2D eigenvalue weighted by Gasteiger charge is -2.17. The smallest absolute Gasteiger partial charge is 0.329 e. The van der Waals surface area contributed by atoms with Gasteiger partial charge in [-0.1, -0.05) is 17.7 Å². The van der Waals surface area contributed by atoms with E-state index in [1.165, 1.54) is 13.8 Å². The molecule has 1 aromatic rings. The van der Waals surface area contributed by atoms with Gasteiger partial charge in [0.1, 0.15) is 6.04 Å². The van der Waals surface area contributed by atoms with Gasteiger partial charge >= 0.3 is 5.97 Å². The number of carbonyl (C=O) groups is 3. The number of nitrogens with one attached hydrogen (secondary N) is 2. The molecule has 1 aromatic carbocycles. The predicted octanol–water partition coefficient (Wildman–Crippen LogP) is 1.32. The molecular formula is C17H22N2O4. The number of carbonyl (C=O) groups excluding carboxylic acids is 3. The minimum atomic E-state index is -0.874. The number of amides is 2. The number of rotatable bonds is 6. The van der Waals surface area contributed by atoms with Crippen LogP contribution in [-0.4, -0.2) is 36.0 Å². The maximum Gasteiger partial charge on any atom is 0.329 e. The average Bonchev–Trinajstić information content (AvgIpc) is 3.30. The van der Waals surface area contributed by atoms with Gasteiger partial charge in [0.2, 0.25) is 0 Å². The Hall–Kier alpha value is -2.37.